The molecule has 0 aliphatic carbocycles. The third-order valence-electron chi connectivity index (χ3n) is 6.80. The number of aliphatic hydroxyl groups is 1. The highest BCUT2D eigenvalue weighted by Gasteiger charge is 2.46. The average Bonchev–Trinajstić information content (AvgIpc) is 3.38. The van der Waals surface area contributed by atoms with E-state index < -0.39 is 74.8 Å². The minimum Gasteiger partial charge on any atom is -0.485 e. The van der Waals surface area contributed by atoms with E-state index in [0.717, 1.165) is 12.1 Å². The van der Waals surface area contributed by atoms with Crippen LogP contribution >= 0.6 is 7.82 Å². The SMILES string of the molecule is O=C1OC(C(CO)OP(=O)(OCc2cccc(F)c2)OCc2cccc(F)c2)C(OCc2cccc(F)c2)=C1OCc1cccc(F)c1. The molecule has 1 aliphatic rings. The smallest absolute Gasteiger partial charge is 0.475 e. The van der Waals surface area contributed by atoms with Crippen molar-refractivity contribution < 1.29 is 59.8 Å². The molecule has 0 saturated carbocycles. The van der Waals surface area contributed by atoms with Crippen LogP contribution in [-0.4, -0.2) is 29.9 Å². The Morgan fingerprint density at radius 1 is 0.667 bits per heavy atom. The number of ether oxygens (including phenoxy) is 3. The summed E-state index contributed by atoms with van der Waals surface area (Å²) in [6.07, 6.45) is -3.26. The number of esters is 1. The summed E-state index contributed by atoms with van der Waals surface area (Å²) in [6.45, 7) is -2.46. The first kappa shape index (κ1) is 34.8. The highest BCUT2D eigenvalue weighted by atomic mass is 31.2. The Kier molecular flexibility index (Phi) is 11.6. The van der Waals surface area contributed by atoms with Gasteiger partial charge in [-0.25, -0.2) is 26.9 Å². The van der Waals surface area contributed by atoms with Gasteiger partial charge in [-0.1, -0.05) is 48.5 Å². The molecule has 0 radical (unpaired) electrons. The second-order valence-corrected chi connectivity index (χ2v) is 12.1. The van der Waals surface area contributed by atoms with Gasteiger partial charge in [0.2, 0.25) is 5.76 Å². The summed E-state index contributed by atoms with van der Waals surface area (Å²) in [7, 11) is -4.73. The third-order valence-corrected chi connectivity index (χ3v) is 8.22. The van der Waals surface area contributed by atoms with E-state index in [-0.39, 0.29) is 30.1 Å². The first-order valence-electron chi connectivity index (χ1n) is 14.5. The number of rotatable bonds is 16. The highest BCUT2D eigenvalue weighted by molar-refractivity contribution is 7.48. The van der Waals surface area contributed by atoms with Crippen molar-refractivity contribution >= 4 is 13.8 Å². The molecule has 1 heterocycles. The van der Waals surface area contributed by atoms with Gasteiger partial charge in [-0.3, -0.25) is 13.6 Å². The number of carbonyl (C=O) groups excluding carboxylic acids is 1. The fraction of sp³-hybridized carbons (Fsp3) is 0.206. The minimum atomic E-state index is -4.73. The molecule has 9 nitrogen and oxygen atoms in total. The van der Waals surface area contributed by atoms with E-state index in [4.69, 9.17) is 27.8 Å². The van der Waals surface area contributed by atoms with E-state index in [0.29, 0.717) is 11.1 Å². The number of halogens is 4. The van der Waals surface area contributed by atoms with E-state index in [1.54, 1.807) is 12.1 Å². The van der Waals surface area contributed by atoms with E-state index in [9.17, 15) is 32.0 Å². The summed E-state index contributed by atoms with van der Waals surface area (Å²) in [5.41, 5.74) is 1.23. The zero-order chi connectivity index (χ0) is 34.1. The maximum atomic E-state index is 14.0. The summed E-state index contributed by atoms with van der Waals surface area (Å²) in [5.74, 6) is -4.08. The van der Waals surface area contributed by atoms with Crippen molar-refractivity contribution in [1.29, 1.82) is 0 Å². The van der Waals surface area contributed by atoms with Gasteiger partial charge >= 0.3 is 13.8 Å². The molecule has 5 rings (SSSR count). The van der Waals surface area contributed by atoms with E-state index in [2.05, 4.69) is 0 Å². The molecule has 2 atom stereocenters. The van der Waals surface area contributed by atoms with Crippen LogP contribution in [0, 0.1) is 23.3 Å². The van der Waals surface area contributed by atoms with Crippen LogP contribution in [-0.2, 0) is 63.6 Å². The van der Waals surface area contributed by atoms with Gasteiger partial charge in [0.15, 0.2) is 11.9 Å². The van der Waals surface area contributed by atoms with Crippen molar-refractivity contribution in [1.82, 2.24) is 0 Å². The van der Waals surface area contributed by atoms with Crippen molar-refractivity contribution in [2.75, 3.05) is 6.61 Å². The fourth-order valence-corrected chi connectivity index (χ4v) is 5.87. The third kappa shape index (κ3) is 9.52. The van der Waals surface area contributed by atoms with Crippen molar-refractivity contribution in [3.8, 4) is 0 Å². The van der Waals surface area contributed by atoms with Crippen LogP contribution in [0.3, 0.4) is 0 Å². The van der Waals surface area contributed by atoms with Crippen molar-refractivity contribution in [2.45, 2.75) is 38.6 Å². The fourth-order valence-electron chi connectivity index (χ4n) is 4.55. The molecule has 0 fully saturated rings. The molecule has 0 saturated heterocycles. The average molecular weight is 689 g/mol. The second-order valence-electron chi connectivity index (χ2n) is 10.4. The Balaban J connectivity index is 1.42. The largest absolute Gasteiger partial charge is 0.485 e. The molecule has 0 amide bonds. The molecule has 0 aromatic heterocycles. The maximum Gasteiger partial charge on any atom is 0.475 e. The number of phosphoric acid groups is 1. The topological polar surface area (TPSA) is 110 Å². The van der Waals surface area contributed by atoms with Gasteiger partial charge in [-0.2, -0.15) is 0 Å². The molecule has 0 bridgehead atoms. The first-order chi connectivity index (χ1) is 23.1. The highest BCUT2D eigenvalue weighted by Crippen LogP contribution is 2.53. The molecule has 48 heavy (non-hydrogen) atoms. The standard InChI is InChI=1S/C34H29F4O9P/c35-26-9-1-5-22(13-26)18-42-32-31(46-34(40)33(32)43-19-23-6-2-10-27(36)14-23)30(17-39)47-48(41,44-20-24-7-3-11-28(37)15-24)45-21-25-8-4-12-29(38)16-25/h1-16,30-31,39H,17-21H2. The van der Waals surface area contributed by atoms with Crippen molar-refractivity contribution in [3.05, 3.63) is 154 Å². The molecule has 1 N–H and O–H groups in total. The van der Waals surface area contributed by atoms with Gasteiger partial charge in [0.25, 0.3) is 0 Å². The minimum absolute atomic E-state index is 0.257. The van der Waals surface area contributed by atoms with Gasteiger partial charge in [-0.05, 0) is 70.8 Å². The Morgan fingerprint density at radius 3 is 1.50 bits per heavy atom. The first-order valence-corrected chi connectivity index (χ1v) is 15.9. The monoisotopic (exact) mass is 688 g/mol. The quantitative estimate of drug-likeness (QED) is 0.0754. The van der Waals surface area contributed by atoms with E-state index in [1.165, 1.54) is 72.8 Å². The van der Waals surface area contributed by atoms with Gasteiger partial charge in [0, 0.05) is 0 Å². The molecule has 1 aliphatic heterocycles. The zero-order valence-corrected chi connectivity index (χ0v) is 26.0. The molecular weight excluding hydrogens is 659 g/mol. The van der Waals surface area contributed by atoms with Gasteiger partial charge in [0.05, 0.1) is 19.8 Å². The summed E-state index contributed by atoms with van der Waals surface area (Å²) in [5, 5.41) is 10.4. The van der Waals surface area contributed by atoms with Crippen molar-refractivity contribution in [3.63, 3.8) is 0 Å². The number of benzene rings is 4. The summed E-state index contributed by atoms with van der Waals surface area (Å²) >= 11 is 0. The molecule has 252 valence electrons. The van der Waals surface area contributed by atoms with Gasteiger partial charge in [-0.15, -0.1) is 0 Å². The lowest BCUT2D eigenvalue weighted by Gasteiger charge is -2.27. The van der Waals surface area contributed by atoms with Gasteiger partial charge < -0.3 is 19.3 Å². The number of hydrogen-bond donors (Lipinski definition) is 1. The molecule has 2 unspecified atom stereocenters. The van der Waals surface area contributed by atoms with E-state index in [1.807, 2.05) is 0 Å². The predicted molar refractivity (Wildman–Crippen MR) is 161 cm³/mol. The Labute approximate surface area is 272 Å². The molecule has 14 heteroatoms. The Morgan fingerprint density at radius 2 is 1.08 bits per heavy atom. The molecule has 0 spiro atoms. The molecule has 4 aromatic rings. The number of phosphoric ester groups is 1. The van der Waals surface area contributed by atoms with Gasteiger partial charge in [0.1, 0.15) is 42.6 Å². The lowest BCUT2D eigenvalue weighted by Crippen LogP contribution is -2.35. The summed E-state index contributed by atoms with van der Waals surface area (Å²) < 4.78 is 103. The Bertz CT molecular complexity index is 1770. The number of cyclic esters (lactones) is 1. The lowest BCUT2D eigenvalue weighted by molar-refractivity contribution is -0.148. The van der Waals surface area contributed by atoms with Crippen LogP contribution in [0.15, 0.2) is 109 Å². The Hall–Kier alpha value is -4.52. The second kappa shape index (κ2) is 16.1. The van der Waals surface area contributed by atoms with Crippen LogP contribution in [0.5, 0.6) is 0 Å². The molecule has 4 aromatic carbocycles. The predicted octanol–water partition coefficient (Wildman–Crippen LogP) is 7.03. The van der Waals surface area contributed by atoms with E-state index >= 15 is 0 Å². The summed E-state index contributed by atoms with van der Waals surface area (Å²) in [6, 6.07) is 21.3. The lowest BCUT2D eigenvalue weighted by atomic mass is 10.1. The number of hydrogen-bond acceptors (Lipinski definition) is 9. The van der Waals surface area contributed by atoms with Crippen LogP contribution in [0.4, 0.5) is 17.6 Å². The number of carbonyl (C=O) groups is 1. The summed E-state index contributed by atoms with van der Waals surface area (Å²) in [4.78, 5) is 13.1. The number of aliphatic hydroxyl groups excluding tert-OH is 1. The van der Waals surface area contributed by atoms with Crippen LogP contribution in [0.2, 0.25) is 0 Å². The van der Waals surface area contributed by atoms with Crippen LogP contribution in [0.25, 0.3) is 0 Å². The van der Waals surface area contributed by atoms with Crippen LogP contribution < -0.4 is 0 Å². The molecular formula is C34H29F4O9P. The normalized spacial score (nSPS) is 15.4. The van der Waals surface area contributed by atoms with Crippen LogP contribution in [0.1, 0.15) is 22.3 Å². The maximum absolute atomic E-state index is 14.0. The van der Waals surface area contributed by atoms with Crippen molar-refractivity contribution in [2.24, 2.45) is 0 Å². The zero-order valence-electron chi connectivity index (χ0n) is 25.1.